The number of ether oxygens (including phenoxy) is 1. The van der Waals surface area contributed by atoms with E-state index >= 15 is 0 Å². The van der Waals surface area contributed by atoms with Crippen LogP contribution in [0.25, 0.3) is 0 Å². The molecule has 0 saturated heterocycles. The molecule has 1 aliphatic rings. The largest absolute Gasteiger partial charge is 1.00 e. The molecular weight excluding hydrogens is 322 g/mol. The second kappa shape index (κ2) is 8.55. The van der Waals surface area contributed by atoms with Crippen molar-refractivity contribution in [3.8, 4) is 5.75 Å². The molecule has 0 saturated carbocycles. The maximum Gasteiger partial charge on any atom is 0.119 e. The van der Waals surface area contributed by atoms with Gasteiger partial charge in [-0.3, -0.25) is 0 Å². The molecule has 3 nitrogen and oxygen atoms in total. The summed E-state index contributed by atoms with van der Waals surface area (Å²) in [6.45, 7) is 12.0. The Balaban J connectivity index is 0.00000288. The first-order chi connectivity index (χ1) is 10.6. The highest BCUT2D eigenvalue weighted by Gasteiger charge is 2.25. The zero-order chi connectivity index (χ0) is 17.1. The van der Waals surface area contributed by atoms with E-state index in [1.165, 1.54) is 24.0 Å². The number of halogens is 1. The minimum absolute atomic E-state index is 0. The number of β-amino-alcohol motifs (C(OH)–C–C–N with tert-alkyl or cyclic N) is 1. The smallest absolute Gasteiger partial charge is 0.119 e. The summed E-state index contributed by atoms with van der Waals surface area (Å²) < 4.78 is 5.77. The van der Waals surface area contributed by atoms with E-state index in [2.05, 4.69) is 52.1 Å². The fourth-order valence-electron chi connectivity index (χ4n) is 3.67. The summed E-state index contributed by atoms with van der Waals surface area (Å²) in [6.07, 6.45) is 4.14. The van der Waals surface area contributed by atoms with Crippen LogP contribution < -0.4 is 22.5 Å². The number of nitrogens with one attached hydrogen (secondary N) is 1. The SMILES string of the molecule is CC(C)(C)CC(C)(C)NCC(O)COc1ccc2c(c1)CCC2.[Cl-]. The van der Waals surface area contributed by atoms with Crippen LogP contribution in [0.15, 0.2) is 18.2 Å². The molecule has 138 valence electrons. The van der Waals surface area contributed by atoms with E-state index in [4.69, 9.17) is 4.74 Å². The van der Waals surface area contributed by atoms with Crippen molar-refractivity contribution in [3.05, 3.63) is 29.3 Å². The van der Waals surface area contributed by atoms with Gasteiger partial charge in [0.25, 0.3) is 0 Å². The van der Waals surface area contributed by atoms with Gasteiger partial charge in [-0.05, 0) is 68.2 Å². The third-order valence-corrected chi connectivity index (χ3v) is 4.30. The average Bonchev–Trinajstić information content (AvgIpc) is 2.88. The fraction of sp³-hybridized carbons (Fsp3) is 0.700. The van der Waals surface area contributed by atoms with E-state index in [1.54, 1.807) is 0 Å². The van der Waals surface area contributed by atoms with Crippen LogP contribution >= 0.6 is 0 Å². The van der Waals surface area contributed by atoms with Crippen LogP contribution in [0.2, 0.25) is 0 Å². The molecule has 2 rings (SSSR count). The Morgan fingerprint density at radius 2 is 1.79 bits per heavy atom. The second-order valence-electron chi connectivity index (χ2n) is 8.75. The Hall–Kier alpha value is -0.770. The third-order valence-electron chi connectivity index (χ3n) is 4.30. The summed E-state index contributed by atoms with van der Waals surface area (Å²) in [6, 6.07) is 6.31. The zero-order valence-corrected chi connectivity index (χ0v) is 16.5. The van der Waals surface area contributed by atoms with Gasteiger partial charge < -0.3 is 27.6 Å². The van der Waals surface area contributed by atoms with Gasteiger partial charge in [0.2, 0.25) is 0 Å². The van der Waals surface area contributed by atoms with Gasteiger partial charge in [0, 0.05) is 12.1 Å². The van der Waals surface area contributed by atoms with Crippen molar-refractivity contribution in [3.63, 3.8) is 0 Å². The van der Waals surface area contributed by atoms with Gasteiger partial charge in [-0.25, -0.2) is 0 Å². The Morgan fingerprint density at radius 1 is 1.12 bits per heavy atom. The summed E-state index contributed by atoms with van der Waals surface area (Å²) in [5.74, 6) is 0.874. The summed E-state index contributed by atoms with van der Waals surface area (Å²) >= 11 is 0. The van der Waals surface area contributed by atoms with Crippen LogP contribution in [-0.4, -0.2) is 29.9 Å². The molecule has 1 aromatic rings. The topological polar surface area (TPSA) is 41.5 Å². The molecule has 4 heteroatoms. The van der Waals surface area contributed by atoms with E-state index in [9.17, 15) is 5.11 Å². The van der Waals surface area contributed by atoms with Crippen LogP contribution in [0.3, 0.4) is 0 Å². The Labute approximate surface area is 153 Å². The molecule has 0 spiro atoms. The lowest BCUT2D eigenvalue weighted by Gasteiger charge is -2.34. The van der Waals surface area contributed by atoms with Gasteiger partial charge in [-0.15, -0.1) is 0 Å². The lowest BCUT2D eigenvalue weighted by Crippen LogP contribution is -3.00. The minimum Gasteiger partial charge on any atom is -1.00 e. The molecule has 1 atom stereocenters. The maximum absolute atomic E-state index is 10.2. The van der Waals surface area contributed by atoms with Gasteiger partial charge in [0.1, 0.15) is 18.5 Å². The van der Waals surface area contributed by atoms with E-state index < -0.39 is 6.10 Å². The molecule has 1 aromatic carbocycles. The van der Waals surface area contributed by atoms with Crippen molar-refractivity contribution >= 4 is 0 Å². The quantitative estimate of drug-likeness (QED) is 0.758. The zero-order valence-electron chi connectivity index (χ0n) is 15.8. The Kier molecular flexibility index (Phi) is 7.58. The van der Waals surface area contributed by atoms with Crippen LogP contribution in [0.4, 0.5) is 0 Å². The number of benzene rings is 1. The summed E-state index contributed by atoms with van der Waals surface area (Å²) in [5, 5.41) is 13.6. The summed E-state index contributed by atoms with van der Waals surface area (Å²) in [7, 11) is 0. The molecular formula is C20H33ClNO2-. The van der Waals surface area contributed by atoms with Gasteiger partial charge >= 0.3 is 0 Å². The van der Waals surface area contributed by atoms with Crippen molar-refractivity contribution in [1.29, 1.82) is 0 Å². The molecule has 2 N–H and O–H groups in total. The number of hydrogen-bond acceptors (Lipinski definition) is 3. The molecule has 0 fully saturated rings. The van der Waals surface area contributed by atoms with Crippen LogP contribution in [0, 0.1) is 5.41 Å². The highest BCUT2D eigenvalue weighted by Crippen LogP contribution is 2.27. The molecule has 0 aliphatic heterocycles. The Morgan fingerprint density at radius 3 is 2.46 bits per heavy atom. The number of aryl methyl sites for hydroxylation is 2. The standard InChI is InChI=1S/C20H33NO2.ClH/c1-19(2,3)14-20(4,5)21-12-17(22)13-23-18-10-9-15-7-6-8-16(15)11-18;/h9-11,17,21-22H,6-8,12-14H2,1-5H3;1H/p-1. The molecule has 0 radical (unpaired) electrons. The van der Waals surface area contributed by atoms with Crippen LogP contribution in [-0.2, 0) is 12.8 Å². The highest BCUT2D eigenvalue weighted by molar-refractivity contribution is 5.38. The number of rotatable bonds is 7. The lowest BCUT2D eigenvalue weighted by atomic mass is 9.82. The monoisotopic (exact) mass is 354 g/mol. The van der Waals surface area contributed by atoms with Crippen molar-refractivity contribution in [2.24, 2.45) is 5.41 Å². The van der Waals surface area contributed by atoms with Gasteiger partial charge in [-0.2, -0.15) is 0 Å². The molecule has 0 aromatic heterocycles. The number of fused-ring (bicyclic) bond motifs is 1. The number of aliphatic hydroxyl groups excluding tert-OH is 1. The fourth-order valence-corrected chi connectivity index (χ4v) is 3.67. The summed E-state index contributed by atoms with van der Waals surface area (Å²) in [5.41, 5.74) is 3.12. The predicted molar refractivity (Wildman–Crippen MR) is 96.1 cm³/mol. The number of aliphatic hydroxyl groups is 1. The Bertz CT molecular complexity index is 523. The average molecular weight is 355 g/mol. The third kappa shape index (κ3) is 7.00. The van der Waals surface area contributed by atoms with Gasteiger partial charge in [0.15, 0.2) is 0 Å². The lowest BCUT2D eigenvalue weighted by molar-refractivity contribution is -0.00000821. The van der Waals surface area contributed by atoms with Gasteiger partial charge in [0.05, 0.1) is 0 Å². The van der Waals surface area contributed by atoms with Crippen molar-refractivity contribution in [2.75, 3.05) is 13.2 Å². The first kappa shape index (κ1) is 21.3. The number of hydrogen-bond donors (Lipinski definition) is 2. The summed E-state index contributed by atoms with van der Waals surface area (Å²) in [4.78, 5) is 0. The van der Waals surface area contributed by atoms with Crippen LogP contribution in [0.1, 0.15) is 58.6 Å². The molecule has 1 aliphatic carbocycles. The molecule has 0 heterocycles. The molecule has 0 amide bonds. The van der Waals surface area contributed by atoms with Crippen molar-refractivity contribution < 1.29 is 22.3 Å². The van der Waals surface area contributed by atoms with E-state index in [0.717, 1.165) is 18.6 Å². The van der Waals surface area contributed by atoms with Crippen LogP contribution in [0.5, 0.6) is 5.75 Å². The highest BCUT2D eigenvalue weighted by atomic mass is 35.5. The van der Waals surface area contributed by atoms with Crippen molar-refractivity contribution in [2.45, 2.75) is 71.9 Å². The van der Waals surface area contributed by atoms with E-state index in [0.29, 0.717) is 13.2 Å². The minimum atomic E-state index is -0.498. The van der Waals surface area contributed by atoms with Gasteiger partial charge in [-0.1, -0.05) is 26.8 Å². The molecule has 0 bridgehead atoms. The van der Waals surface area contributed by atoms with Crippen molar-refractivity contribution in [1.82, 2.24) is 5.32 Å². The molecule has 24 heavy (non-hydrogen) atoms. The van der Waals surface area contributed by atoms with E-state index in [1.807, 2.05) is 6.07 Å². The normalized spacial score (nSPS) is 15.6. The first-order valence-corrected chi connectivity index (χ1v) is 8.82. The van der Waals surface area contributed by atoms with E-state index in [-0.39, 0.29) is 23.4 Å². The maximum atomic E-state index is 10.2. The second-order valence-corrected chi connectivity index (χ2v) is 8.75. The first-order valence-electron chi connectivity index (χ1n) is 8.82. The predicted octanol–water partition coefficient (Wildman–Crippen LogP) is 0.723. The molecule has 1 unspecified atom stereocenters.